The Balaban J connectivity index is 1.99. The van der Waals surface area contributed by atoms with Crippen LogP contribution >= 0.6 is 0 Å². The number of rotatable bonds is 6. The number of nitrogens with zero attached hydrogens (tertiary/aromatic N) is 1. The van der Waals surface area contributed by atoms with E-state index in [9.17, 15) is 14.9 Å². The summed E-state index contributed by atoms with van der Waals surface area (Å²) in [6, 6.07) is 6.12. The average Bonchev–Trinajstić information content (AvgIpc) is 2.55. The molecule has 1 aliphatic carbocycles. The van der Waals surface area contributed by atoms with E-state index in [1.807, 2.05) is 6.92 Å². The number of nitro benzene ring substituents is 1. The molecule has 0 heterocycles. The molecule has 1 aliphatic rings. The van der Waals surface area contributed by atoms with Crippen molar-refractivity contribution in [2.24, 2.45) is 11.1 Å². The van der Waals surface area contributed by atoms with E-state index in [0.717, 1.165) is 31.2 Å². The van der Waals surface area contributed by atoms with Gasteiger partial charge in [-0.2, -0.15) is 0 Å². The summed E-state index contributed by atoms with van der Waals surface area (Å²) in [4.78, 5) is 22.8. The molecule has 1 amide bonds. The standard InChI is InChI=1S/C17H25N3O3/c1-13(14-6-5-7-15(10-14)20(22)23)19-16(21)11-17(12-18)8-3-2-4-9-17/h5-7,10,13H,2-4,8-9,11-12,18H2,1H3,(H,19,21). The maximum atomic E-state index is 12.4. The highest BCUT2D eigenvalue weighted by Crippen LogP contribution is 2.38. The van der Waals surface area contributed by atoms with Gasteiger partial charge in [-0.1, -0.05) is 31.4 Å². The minimum atomic E-state index is -0.427. The molecule has 1 unspecified atom stereocenters. The number of amides is 1. The topological polar surface area (TPSA) is 98.3 Å². The van der Waals surface area contributed by atoms with E-state index in [4.69, 9.17) is 5.73 Å². The van der Waals surface area contributed by atoms with Crippen molar-refractivity contribution < 1.29 is 9.72 Å². The quantitative estimate of drug-likeness (QED) is 0.622. The first kappa shape index (κ1) is 17.4. The fraction of sp³-hybridized carbons (Fsp3) is 0.588. The molecule has 2 rings (SSSR count). The Kier molecular flexibility index (Phi) is 5.71. The van der Waals surface area contributed by atoms with Crippen molar-refractivity contribution in [3.63, 3.8) is 0 Å². The van der Waals surface area contributed by atoms with E-state index in [0.29, 0.717) is 13.0 Å². The Morgan fingerprint density at radius 2 is 2.09 bits per heavy atom. The molecule has 0 saturated heterocycles. The maximum Gasteiger partial charge on any atom is 0.269 e. The second-order valence-corrected chi connectivity index (χ2v) is 6.58. The van der Waals surface area contributed by atoms with Gasteiger partial charge in [0, 0.05) is 18.6 Å². The molecule has 0 radical (unpaired) electrons. The SMILES string of the molecule is CC(NC(=O)CC1(CN)CCCCC1)c1cccc([N+](=O)[O-])c1. The molecule has 1 aromatic rings. The number of non-ortho nitro benzene ring substituents is 1. The van der Waals surface area contributed by atoms with Crippen LogP contribution in [0.5, 0.6) is 0 Å². The zero-order valence-corrected chi connectivity index (χ0v) is 13.6. The van der Waals surface area contributed by atoms with Crippen LogP contribution < -0.4 is 11.1 Å². The fourth-order valence-corrected chi connectivity index (χ4v) is 3.38. The van der Waals surface area contributed by atoms with Crippen LogP contribution in [0.3, 0.4) is 0 Å². The van der Waals surface area contributed by atoms with Crippen molar-refractivity contribution in [1.82, 2.24) is 5.32 Å². The molecule has 1 atom stereocenters. The van der Waals surface area contributed by atoms with Gasteiger partial charge in [-0.25, -0.2) is 0 Å². The molecule has 0 aliphatic heterocycles. The number of carbonyl (C=O) groups is 1. The number of nitro groups is 1. The zero-order chi connectivity index (χ0) is 16.9. The van der Waals surface area contributed by atoms with Crippen molar-refractivity contribution >= 4 is 11.6 Å². The predicted molar refractivity (Wildman–Crippen MR) is 88.8 cm³/mol. The van der Waals surface area contributed by atoms with Crippen LogP contribution in [0.2, 0.25) is 0 Å². The first-order chi connectivity index (χ1) is 11.0. The van der Waals surface area contributed by atoms with Gasteiger partial charge < -0.3 is 11.1 Å². The summed E-state index contributed by atoms with van der Waals surface area (Å²) in [5, 5.41) is 13.8. The number of benzene rings is 1. The maximum absolute atomic E-state index is 12.4. The third-order valence-corrected chi connectivity index (χ3v) is 4.84. The molecule has 0 aromatic heterocycles. The lowest BCUT2D eigenvalue weighted by molar-refractivity contribution is -0.384. The molecule has 0 bridgehead atoms. The van der Waals surface area contributed by atoms with E-state index in [1.54, 1.807) is 12.1 Å². The summed E-state index contributed by atoms with van der Waals surface area (Å²) in [5.41, 5.74) is 6.62. The summed E-state index contributed by atoms with van der Waals surface area (Å²) in [6.45, 7) is 2.37. The Hall–Kier alpha value is -1.95. The molecular weight excluding hydrogens is 294 g/mol. The van der Waals surface area contributed by atoms with E-state index in [1.165, 1.54) is 18.6 Å². The summed E-state index contributed by atoms with van der Waals surface area (Å²) in [7, 11) is 0. The minimum Gasteiger partial charge on any atom is -0.350 e. The van der Waals surface area contributed by atoms with Gasteiger partial charge in [0.1, 0.15) is 0 Å². The first-order valence-corrected chi connectivity index (χ1v) is 8.19. The fourth-order valence-electron chi connectivity index (χ4n) is 3.38. The highest BCUT2D eigenvalue weighted by atomic mass is 16.6. The van der Waals surface area contributed by atoms with E-state index >= 15 is 0 Å². The lowest BCUT2D eigenvalue weighted by Crippen LogP contribution is -2.39. The van der Waals surface area contributed by atoms with Crippen LogP contribution in [0, 0.1) is 15.5 Å². The Labute approximate surface area is 136 Å². The monoisotopic (exact) mass is 319 g/mol. The van der Waals surface area contributed by atoms with E-state index in [-0.39, 0.29) is 23.1 Å². The average molecular weight is 319 g/mol. The second kappa shape index (κ2) is 7.55. The van der Waals surface area contributed by atoms with Crippen LogP contribution in [0.1, 0.15) is 57.1 Å². The van der Waals surface area contributed by atoms with Crippen LogP contribution in [-0.4, -0.2) is 17.4 Å². The van der Waals surface area contributed by atoms with Crippen LogP contribution in [0.4, 0.5) is 5.69 Å². The van der Waals surface area contributed by atoms with Gasteiger partial charge in [0.05, 0.1) is 11.0 Å². The normalized spacial score (nSPS) is 18.2. The summed E-state index contributed by atoms with van der Waals surface area (Å²) < 4.78 is 0. The molecule has 126 valence electrons. The second-order valence-electron chi connectivity index (χ2n) is 6.58. The van der Waals surface area contributed by atoms with Gasteiger partial charge >= 0.3 is 0 Å². The molecule has 6 heteroatoms. The van der Waals surface area contributed by atoms with E-state index in [2.05, 4.69) is 5.32 Å². The van der Waals surface area contributed by atoms with Gasteiger partial charge in [-0.15, -0.1) is 0 Å². The number of nitrogens with one attached hydrogen (secondary N) is 1. The molecule has 6 nitrogen and oxygen atoms in total. The number of hydrogen-bond acceptors (Lipinski definition) is 4. The largest absolute Gasteiger partial charge is 0.350 e. The third kappa shape index (κ3) is 4.51. The number of hydrogen-bond donors (Lipinski definition) is 2. The molecule has 23 heavy (non-hydrogen) atoms. The Morgan fingerprint density at radius 3 is 2.70 bits per heavy atom. The number of carbonyl (C=O) groups excluding carboxylic acids is 1. The van der Waals surface area contributed by atoms with Crippen molar-refractivity contribution in [2.75, 3.05) is 6.54 Å². The molecular formula is C17H25N3O3. The van der Waals surface area contributed by atoms with Gasteiger partial charge in [0.2, 0.25) is 5.91 Å². The van der Waals surface area contributed by atoms with E-state index < -0.39 is 4.92 Å². The van der Waals surface area contributed by atoms with Crippen LogP contribution in [0.25, 0.3) is 0 Å². The highest BCUT2D eigenvalue weighted by Gasteiger charge is 2.33. The smallest absolute Gasteiger partial charge is 0.269 e. The van der Waals surface area contributed by atoms with Crippen molar-refractivity contribution in [1.29, 1.82) is 0 Å². The molecule has 1 fully saturated rings. The number of nitrogens with two attached hydrogens (primary N) is 1. The first-order valence-electron chi connectivity index (χ1n) is 8.19. The summed E-state index contributed by atoms with van der Waals surface area (Å²) in [5.74, 6) is -0.0312. The molecule has 3 N–H and O–H groups in total. The van der Waals surface area contributed by atoms with Gasteiger partial charge in [0.25, 0.3) is 5.69 Å². The van der Waals surface area contributed by atoms with Crippen molar-refractivity contribution in [3.8, 4) is 0 Å². The summed E-state index contributed by atoms with van der Waals surface area (Å²) in [6.07, 6.45) is 5.91. The van der Waals surface area contributed by atoms with Gasteiger partial charge in [-0.3, -0.25) is 14.9 Å². The highest BCUT2D eigenvalue weighted by molar-refractivity contribution is 5.77. The molecule has 1 aromatic carbocycles. The summed E-state index contributed by atoms with van der Waals surface area (Å²) >= 11 is 0. The van der Waals surface area contributed by atoms with Crippen LogP contribution in [0.15, 0.2) is 24.3 Å². The predicted octanol–water partition coefficient (Wildman–Crippen LogP) is 3.07. The zero-order valence-electron chi connectivity index (χ0n) is 13.6. The molecule has 0 spiro atoms. The Bertz CT molecular complexity index is 568. The lowest BCUT2D eigenvalue weighted by Gasteiger charge is -2.36. The van der Waals surface area contributed by atoms with Gasteiger partial charge in [0.15, 0.2) is 0 Å². The van der Waals surface area contributed by atoms with Crippen molar-refractivity contribution in [3.05, 3.63) is 39.9 Å². The lowest BCUT2D eigenvalue weighted by atomic mass is 9.71. The Morgan fingerprint density at radius 1 is 1.39 bits per heavy atom. The third-order valence-electron chi connectivity index (χ3n) is 4.84. The van der Waals surface area contributed by atoms with Gasteiger partial charge in [-0.05, 0) is 37.3 Å². The minimum absolute atomic E-state index is 0.0312. The van der Waals surface area contributed by atoms with Crippen LogP contribution in [-0.2, 0) is 4.79 Å². The van der Waals surface area contributed by atoms with Crippen molar-refractivity contribution in [2.45, 2.75) is 51.5 Å². The molecule has 1 saturated carbocycles.